The van der Waals surface area contributed by atoms with Gasteiger partial charge in [0, 0.05) is 12.8 Å². The molecule has 0 aliphatic heterocycles. The van der Waals surface area contributed by atoms with Gasteiger partial charge in [0.25, 0.3) is 0 Å². The first-order valence-electron chi connectivity index (χ1n) is 38.2. The van der Waals surface area contributed by atoms with Gasteiger partial charge >= 0.3 is 5.97 Å². The molecule has 0 saturated heterocycles. The van der Waals surface area contributed by atoms with Crippen LogP contribution in [-0.4, -0.2) is 47.4 Å². The fourth-order valence-corrected chi connectivity index (χ4v) is 12.1. The number of hydrogen-bond donors (Lipinski definition) is 3. The monoisotopic (exact) mass is 1180 g/mol. The van der Waals surface area contributed by atoms with Crippen LogP contribution in [0.2, 0.25) is 0 Å². The van der Waals surface area contributed by atoms with Crippen LogP contribution >= 0.6 is 0 Å². The number of carbonyl (C=O) groups is 2. The SMILES string of the molecule is CCCCC/C=C\C/C=C\CCCCCCCCCCCC(=O)OCCCCCCCCCCCCCC/C=C\CCCCCCCCCCCCCCCCCCCC(=O)NC(CO)C(O)CCCCCCCCCCCCCCCCC. The number of rotatable bonds is 72. The molecule has 2 unspecified atom stereocenters. The van der Waals surface area contributed by atoms with Gasteiger partial charge in [-0.1, -0.05) is 365 Å². The van der Waals surface area contributed by atoms with Gasteiger partial charge in [0.15, 0.2) is 0 Å². The molecule has 0 aromatic carbocycles. The van der Waals surface area contributed by atoms with Crippen molar-refractivity contribution in [3.63, 3.8) is 0 Å². The van der Waals surface area contributed by atoms with Gasteiger partial charge in [-0.2, -0.15) is 0 Å². The smallest absolute Gasteiger partial charge is 0.305 e. The molecule has 0 spiro atoms. The summed E-state index contributed by atoms with van der Waals surface area (Å²) in [6, 6.07) is -0.539. The lowest BCUT2D eigenvalue weighted by molar-refractivity contribution is -0.143. The summed E-state index contributed by atoms with van der Waals surface area (Å²) >= 11 is 0. The first kappa shape index (κ1) is 82.1. The molecule has 1 amide bonds. The highest BCUT2D eigenvalue weighted by molar-refractivity contribution is 5.76. The average Bonchev–Trinajstić information content (AvgIpc) is 3.53. The molecular weight excluding hydrogens is 1030 g/mol. The molecule has 0 bridgehead atoms. The van der Waals surface area contributed by atoms with Crippen molar-refractivity contribution in [3.8, 4) is 0 Å². The Morgan fingerprint density at radius 1 is 0.333 bits per heavy atom. The molecule has 84 heavy (non-hydrogen) atoms. The molecule has 0 heterocycles. The lowest BCUT2D eigenvalue weighted by Crippen LogP contribution is -2.45. The number of nitrogens with one attached hydrogen (secondary N) is 1. The van der Waals surface area contributed by atoms with E-state index in [0.29, 0.717) is 25.9 Å². The highest BCUT2D eigenvalue weighted by Crippen LogP contribution is 2.19. The van der Waals surface area contributed by atoms with Crippen LogP contribution in [0.4, 0.5) is 0 Å². The van der Waals surface area contributed by atoms with E-state index in [1.165, 1.54) is 340 Å². The third kappa shape index (κ3) is 69.2. The normalized spacial score (nSPS) is 12.7. The molecule has 0 aromatic rings. The molecule has 496 valence electrons. The van der Waals surface area contributed by atoms with E-state index in [4.69, 9.17) is 4.74 Å². The Kier molecular flexibility index (Phi) is 71.9. The molecular formula is C78H149NO5. The molecule has 2 atom stereocenters. The predicted octanol–water partition coefficient (Wildman–Crippen LogP) is 25.0. The quantitative estimate of drug-likeness (QED) is 0.0320. The number of aliphatic hydroxyl groups is 2. The highest BCUT2D eigenvalue weighted by Gasteiger charge is 2.20. The number of unbranched alkanes of at least 4 members (excludes halogenated alkanes) is 55. The molecule has 0 aromatic heterocycles. The zero-order valence-corrected chi connectivity index (χ0v) is 56.9. The lowest BCUT2D eigenvalue weighted by atomic mass is 10.0. The minimum absolute atomic E-state index is 0.0155. The Balaban J connectivity index is 3.33. The summed E-state index contributed by atoms with van der Waals surface area (Å²) in [6.45, 7) is 4.96. The summed E-state index contributed by atoms with van der Waals surface area (Å²) in [6.07, 6.45) is 95.1. The number of allylic oxidation sites excluding steroid dienone is 6. The molecule has 0 radical (unpaired) electrons. The van der Waals surface area contributed by atoms with Gasteiger partial charge in [-0.3, -0.25) is 9.59 Å². The van der Waals surface area contributed by atoms with Crippen LogP contribution in [0.3, 0.4) is 0 Å². The molecule has 0 aliphatic rings. The van der Waals surface area contributed by atoms with Gasteiger partial charge in [0.2, 0.25) is 5.91 Å². The maximum absolute atomic E-state index is 12.5. The zero-order chi connectivity index (χ0) is 60.6. The van der Waals surface area contributed by atoms with Crippen LogP contribution in [0.1, 0.15) is 425 Å². The molecule has 0 saturated carbocycles. The fraction of sp³-hybridized carbons (Fsp3) is 0.897. The summed E-state index contributed by atoms with van der Waals surface area (Å²) in [5.74, 6) is -0.0133. The molecule has 0 aliphatic carbocycles. The molecule has 6 nitrogen and oxygen atoms in total. The van der Waals surface area contributed by atoms with E-state index in [0.717, 1.165) is 51.4 Å². The van der Waals surface area contributed by atoms with E-state index < -0.39 is 12.1 Å². The summed E-state index contributed by atoms with van der Waals surface area (Å²) in [5, 5.41) is 23.4. The van der Waals surface area contributed by atoms with Gasteiger partial charge in [0.05, 0.1) is 25.4 Å². The van der Waals surface area contributed by atoms with Crippen molar-refractivity contribution in [2.45, 2.75) is 437 Å². The standard InChI is InChI=1S/C78H149NO5/c1-3-5-7-9-11-13-15-17-19-20-36-40-44-48-52-56-60-64-68-72-78(83)84-73-69-65-61-57-53-49-45-41-38-35-33-31-29-27-25-23-21-22-24-26-28-30-32-34-37-39-43-47-51-55-59-63-67-71-77(82)79-75(74-80)76(81)70-66-62-58-54-50-46-42-18-16-14-12-10-8-6-4-2/h11,13,17,19,25,27,75-76,80-81H,3-10,12,14-16,18,20-24,26,28-74H2,1-2H3,(H,79,82)/b13-11-,19-17-,27-25-. The average molecular weight is 1180 g/mol. The Labute approximate surface area is 525 Å². The first-order chi connectivity index (χ1) is 41.5. The van der Waals surface area contributed by atoms with Crippen LogP contribution in [0.25, 0.3) is 0 Å². The Morgan fingerprint density at radius 2 is 0.595 bits per heavy atom. The van der Waals surface area contributed by atoms with Crippen molar-refractivity contribution >= 4 is 11.9 Å². The van der Waals surface area contributed by atoms with Crippen molar-refractivity contribution < 1.29 is 24.5 Å². The Bertz CT molecular complexity index is 1360. The second kappa shape index (κ2) is 73.5. The van der Waals surface area contributed by atoms with Crippen molar-refractivity contribution in [3.05, 3.63) is 36.5 Å². The van der Waals surface area contributed by atoms with Crippen molar-refractivity contribution in [1.82, 2.24) is 5.32 Å². The highest BCUT2D eigenvalue weighted by atomic mass is 16.5. The maximum Gasteiger partial charge on any atom is 0.305 e. The summed E-state index contributed by atoms with van der Waals surface area (Å²) < 4.78 is 5.51. The van der Waals surface area contributed by atoms with Gasteiger partial charge in [-0.15, -0.1) is 0 Å². The van der Waals surface area contributed by atoms with Crippen molar-refractivity contribution in [2.75, 3.05) is 13.2 Å². The number of carbonyl (C=O) groups excluding carboxylic acids is 2. The van der Waals surface area contributed by atoms with Crippen LogP contribution in [-0.2, 0) is 14.3 Å². The summed E-state index contributed by atoms with van der Waals surface area (Å²) in [5.41, 5.74) is 0. The van der Waals surface area contributed by atoms with E-state index in [1.54, 1.807) is 0 Å². The Morgan fingerprint density at radius 3 is 0.940 bits per heavy atom. The van der Waals surface area contributed by atoms with Crippen molar-refractivity contribution in [1.29, 1.82) is 0 Å². The van der Waals surface area contributed by atoms with E-state index in [1.807, 2.05) is 0 Å². The van der Waals surface area contributed by atoms with Crippen LogP contribution in [0, 0.1) is 0 Å². The van der Waals surface area contributed by atoms with Crippen LogP contribution in [0.5, 0.6) is 0 Å². The largest absolute Gasteiger partial charge is 0.466 e. The van der Waals surface area contributed by atoms with E-state index in [2.05, 4.69) is 55.6 Å². The topological polar surface area (TPSA) is 95.9 Å². The van der Waals surface area contributed by atoms with Gasteiger partial charge in [-0.25, -0.2) is 0 Å². The minimum atomic E-state index is -0.662. The van der Waals surface area contributed by atoms with Gasteiger partial charge in [0.1, 0.15) is 0 Å². The number of esters is 1. The number of ether oxygens (including phenoxy) is 1. The fourth-order valence-electron chi connectivity index (χ4n) is 12.1. The summed E-state index contributed by atoms with van der Waals surface area (Å²) in [7, 11) is 0. The molecule has 0 rings (SSSR count). The molecule has 3 N–H and O–H groups in total. The second-order valence-electron chi connectivity index (χ2n) is 26.3. The van der Waals surface area contributed by atoms with Crippen LogP contribution < -0.4 is 5.32 Å². The third-order valence-electron chi connectivity index (χ3n) is 17.9. The summed E-state index contributed by atoms with van der Waals surface area (Å²) in [4.78, 5) is 24.6. The number of amides is 1. The van der Waals surface area contributed by atoms with E-state index in [-0.39, 0.29) is 18.5 Å². The first-order valence-corrected chi connectivity index (χ1v) is 38.2. The van der Waals surface area contributed by atoms with Gasteiger partial charge in [-0.05, 0) is 83.5 Å². The van der Waals surface area contributed by atoms with E-state index in [9.17, 15) is 19.8 Å². The predicted molar refractivity (Wildman–Crippen MR) is 370 cm³/mol. The minimum Gasteiger partial charge on any atom is -0.466 e. The maximum atomic E-state index is 12.5. The molecule has 0 fully saturated rings. The van der Waals surface area contributed by atoms with Crippen LogP contribution in [0.15, 0.2) is 36.5 Å². The van der Waals surface area contributed by atoms with Crippen molar-refractivity contribution in [2.24, 2.45) is 0 Å². The number of aliphatic hydroxyl groups excluding tert-OH is 2. The van der Waals surface area contributed by atoms with Gasteiger partial charge < -0.3 is 20.3 Å². The lowest BCUT2D eigenvalue weighted by Gasteiger charge is -2.22. The zero-order valence-electron chi connectivity index (χ0n) is 56.9. The molecule has 6 heteroatoms. The Hall–Kier alpha value is -1.92. The van der Waals surface area contributed by atoms with E-state index >= 15 is 0 Å². The second-order valence-corrected chi connectivity index (χ2v) is 26.3. The third-order valence-corrected chi connectivity index (χ3v) is 17.9. The number of hydrogen-bond acceptors (Lipinski definition) is 5.